The highest BCUT2D eigenvalue weighted by Gasteiger charge is 2.57. The monoisotopic (exact) mass is 201 g/mol. The van der Waals surface area contributed by atoms with E-state index < -0.39 is 15.2 Å². The molecule has 2 atom stereocenters. The van der Waals surface area contributed by atoms with Gasteiger partial charge in [-0.1, -0.05) is 6.92 Å². The van der Waals surface area contributed by atoms with E-state index in [-0.39, 0.29) is 11.8 Å². The predicted octanol–water partition coefficient (Wildman–Crippen LogP) is 0.471. The van der Waals surface area contributed by atoms with Gasteiger partial charge in [0.15, 0.2) is 15.2 Å². The first kappa shape index (κ1) is 8.74. The Morgan fingerprint density at radius 2 is 1.85 bits per heavy atom. The first-order valence-electron chi connectivity index (χ1n) is 4.13. The van der Waals surface area contributed by atoms with Crippen LogP contribution in [0.4, 0.5) is 0 Å². The molecule has 72 valence electrons. The highest BCUT2D eigenvalue weighted by molar-refractivity contribution is 7.96. The van der Waals surface area contributed by atoms with Crippen LogP contribution in [-0.2, 0) is 14.6 Å². The average molecular weight is 201 g/mol. The molecule has 0 bridgehead atoms. The van der Waals surface area contributed by atoms with Gasteiger partial charge in [0.1, 0.15) is 0 Å². The summed E-state index contributed by atoms with van der Waals surface area (Å²) in [6.07, 6.45) is 0. The van der Waals surface area contributed by atoms with E-state index in [9.17, 15) is 13.2 Å². The maximum absolute atomic E-state index is 11.7. The van der Waals surface area contributed by atoms with Gasteiger partial charge in [0.05, 0.1) is 10.8 Å². The van der Waals surface area contributed by atoms with Crippen molar-refractivity contribution in [3.05, 3.63) is 10.6 Å². The van der Waals surface area contributed by atoms with Crippen LogP contribution >= 0.6 is 0 Å². The van der Waals surface area contributed by atoms with Crippen molar-refractivity contribution in [2.24, 2.45) is 5.92 Å². The van der Waals surface area contributed by atoms with E-state index in [2.05, 4.69) is 0 Å². The fourth-order valence-corrected chi connectivity index (χ4v) is 3.99. The van der Waals surface area contributed by atoms with Gasteiger partial charge in [-0.3, -0.25) is 9.69 Å². The van der Waals surface area contributed by atoms with Crippen molar-refractivity contribution in [2.75, 3.05) is 0 Å². The normalized spacial score (nSPS) is 36.2. The third-order valence-electron chi connectivity index (χ3n) is 2.92. The minimum atomic E-state index is -3.21. The van der Waals surface area contributed by atoms with E-state index in [1.807, 2.05) is 0 Å². The van der Waals surface area contributed by atoms with E-state index in [4.69, 9.17) is 0 Å². The molecule has 2 rings (SSSR count). The molecular formula is C8H11NO3S. The van der Waals surface area contributed by atoms with Crippen molar-refractivity contribution in [3.63, 3.8) is 0 Å². The van der Waals surface area contributed by atoms with Gasteiger partial charge in [0.25, 0.3) is 0 Å². The summed E-state index contributed by atoms with van der Waals surface area (Å²) in [6.45, 7) is 4.90. The molecule has 1 saturated heterocycles. The zero-order valence-electron chi connectivity index (χ0n) is 7.73. The molecule has 2 aliphatic heterocycles. The number of β-lactam (4-membered cyclic amide) rings is 1. The molecule has 0 saturated carbocycles. The van der Waals surface area contributed by atoms with Crippen LogP contribution in [-0.4, -0.2) is 24.6 Å². The second kappa shape index (κ2) is 2.15. The lowest BCUT2D eigenvalue weighted by Crippen LogP contribution is -2.58. The zero-order chi connectivity index (χ0) is 9.96. The number of amides is 1. The molecular weight excluding hydrogens is 190 g/mol. The van der Waals surface area contributed by atoms with Crippen molar-refractivity contribution >= 4 is 15.7 Å². The summed E-state index contributed by atoms with van der Waals surface area (Å²) in [5.41, 5.74) is 0.591. The van der Waals surface area contributed by atoms with Gasteiger partial charge in [0, 0.05) is 5.70 Å². The lowest BCUT2D eigenvalue weighted by molar-refractivity contribution is -0.145. The maximum Gasteiger partial charge on any atom is 0.233 e. The Labute approximate surface area is 77.1 Å². The fourth-order valence-electron chi connectivity index (χ4n) is 1.93. The number of hydrogen-bond donors (Lipinski definition) is 0. The topological polar surface area (TPSA) is 54.5 Å². The molecule has 2 heterocycles. The van der Waals surface area contributed by atoms with Crippen LogP contribution in [0.2, 0.25) is 0 Å². The molecule has 1 fully saturated rings. The maximum atomic E-state index is 11.7. The summed E-state index contributed by atoms with van der Waals surface area (Å²) in [5.74, 6) is -0.458. The second-order valence-corrected chi connectivity index (χ2v) is 5.76. The third kappa shape index (κ3) is 0.757. The van der Waals surface area contributed by atoms with Crippen molar-refractivity contribution in [2.45, 2.75) is 26.1 Å². The van der Waals surface area contributed by atoms with Gasteiger partial charge in [-0.25, -0.2) is 8.42 Å². The molecule has 1 amide bonds. The van der Waals surface area contributed by atoms with Crippen molar-refractivity contribution in [1.29, 1.82) is 0 Å². The van der Waals surface area contributed by atoms with Gasteiger partial charge in [0.2, 0.25) is 5.91 Å². The number of hydrogen-bond acceptors (Lipinski definition) is 3. The molecule has 0 aromatic carbocycles. The number of carbonyl (C=O) groups is 1. The molecule has 2 aliphatic rings. The summed E-state index contributed by atoms with van der Waals surface area (Å²) >= 11 is 0. The lowest BCUT2D eigenvalue weighted by Gasteiger charge is -2.40. The quantitative estimate of drug-likeness (QED) is 0.535. The zero-order valence-corrected chi connectivity index (χ0v) is 8.55. The van der Waals surface area contributed by atoms with Crippen molar-refractivity contribution in [1.82, 2.24) is 4.90 Å². The first-order valence-corrected chi connectivity index (χ1v) is 5.68. The Bertz CT molecular complexity index is 421. The summed E-state index contributed by atoms with van der Waals surface area (Å²) < 4.78 is 23.3. The van der Waals surface area contributed by atoms with Crippen LogP contribution in [0.15, 0.2) is 10.6 Å². The van der Waals surface area contributed by atoms with Crippen LogP contribution in [0.25, 0.3) is 0 Å². The molecule has 0 N–H and O–H groups in total. The molecule has 0 radical (unpaired) electrons. The number of allylic oxidation sites excluding steroid dienone is 2. The Morgan fingerprint density at radius 3 is 2.31 bits per heavy atom. The molecule has 13 heavy (non-hydrogen) atoms. The second-order valence-electron chi connectivity index (χ2n) is 3.57. The van der Waals surface area contributed by atoms with E-state index in [1.165, 1.54) is 4.90 Å². The fraction of sp³-hybridized carbons (Fsp3) is 0.625. The largest absolute Gasteiger partial charge is 0.296 e. The summed E-state index contributed by atoms with van der Waals surface area (Å²) in [5, 5.41) is -0.611. The lowest BCUT2D eigenvalue weighted by atomic mass is 10.0. The molecule has 0 aromatic rings. The average Bonchev–Trinajstić information content (AvgIpc) is 2.23. The molecule has 0 aliphatic carbocycles. The molecule has 4 nitrogen and oxygen atoms in total. The molecule has 2 unspecified atom stereocenters. The predicted molar refractivity (Wildman–Crippen MR) is 47.1 cm³/mol. The highest BCUT2D eigenvalue weighted by Crippen LogP contribution is 2.43. The van der Waals surface area contributed by atoms with Crippen LogP contribution in [0.5, 0.6) is 0 Å². The Hall–Kier alpha value is -0.840. The number of rotatable bonds is 0. The van der Waals surface area contributed by atoms with Gasteiger partial charge < -0.3 is 0 Å². The SMILES string of the molecule is CC1=C(C)S(=O)(=O)C2C(C)C(=O)N12. The standard InChI is InChI=1S/C8H11NO3S/c1-4-7(10)9-5(2)6(3)13(11,12)8(4)9/h4,8H,1-3H3. The van der Waals surface area contributed by atoms with Crippen LogP contribution in [0.1, 0.15) is 20.8 Å². The third-order valence-corrected chi connectivity index (χ3v) is 5.33. The Morgan fingerprint density at radius 1 is 1.31 bits per heavy atom. The highest BCUT2D eigenvalue weighted by atomic mass is 32.2. The van der Waals surface area contributed by atoms with Gasteiger partial charge in [-0.15, -0.1) is 0 Å². The summed E-state index contributed by atoms with van der Waals surface area (Å²) in [6, 6.07) is 0. The minimum Gasteiger partial charge on any atom is -0.296 e. The van der Waals surface area contributed by atoms with Gasteiger partial charge in [-0.05, 0) is 13.8 Å². The molecule has 0 aromatic heterocycles. The van der Waals surface area contributed by atoms with E-state index in [0.717, 1.165) is 0 Å². The van der Waals surface area contributed by atoms with Gasteiger partial charge >= 0.3 is 0 Å². The van der Waals surface area contributed by atoms with Crippen LogP contribution in [0.3, 0.4) is 0 Å². The van der Waals surface area contributed by atoms with Crippen molar-refractivity contribution in [3.8, 4) is 0 Å². The number of carbonyl (C=O) groups excluding carboxylic acids is 1. The number of sulfone groups is 1. The Kier molecular flexibility index (Phi) is 1.44. The van der Waals surface area contributed by atoms with Crippen LogP contribution < -0.4 is 0 Å². The summed E-state index contributed by atoms with van der Waals surface area (Å²) in [4.78, 5) is 13.0. The van der Waals surface area contributed by atoms with E-state index in [0.29, 0.717) is 10.6 Å². The number of fused-ring (bicyclic) bond motifs is 1. The minimum absolute atomic E-state index is 0.0806. The Balaban J connectivity index is 2.58. The smallest absolute Gasteiger partial charge is 0.233 e. The van der Waals surface area contributed by atoms with Crippen LogP contribution in [0, 0.1) is 5.92 Å². The van der Waals surface area contributed by atoms with E-state index >= 15 is 0 Å². The van der Waals surface area contributed by atoms with E-state index in [1.54, 1.807) is 20.8 Å². The number of nitrogens with zero attached hydrogens (tertiary/aromatic N) is 1. The molecule has 5 heteroatoms. The first-order chi connectivity index (χ1) is 5.89. The van der Waals surface area contributed by atoms with Crippen molar-refractivity contribution < 1.29 is 13.2 Å². The molecule has 0 spiro atoms. The van der Waals surface area contributed by atoms with Gasteiger partial charge in [-0.2, -0.15) is 0 Å². The summed E-state index contributed by atoms with van der Waals surface area (Å²) in [7, 11) is -3.21.